The molecule has 2 amide bonds. The number of H-pyrrole nitrogens is 2. The Kier molecular flexibility index (Phi) is 3.02. The maximum Gasteiger partial charge on any atom is 0.343 e. The molecule has 8 nitrogen and oxygen atoms in total. The fourth-order valence-electron chi connectivity index (χ4n) is 0.743. The first-order valence-electron chi connectivity index (χ1n) is 3.55. The van der Waals surface area contributed by atoms with Crippen molar-refractivity contribution in [3.63, 3.8) is 0 Å². The average molecular weight is 200 g/mol. The van der Waals surface area contributed by atoms with Crippen LogP contribution < -0.4 is 22.0 Å². The lowest BCUT2D eigenvalue weighted by Gasteiger charge is -2.02. The molecule has 1 rings (SSSR count). The third kappa shape index (κ3) is 2.45. The van der Waals surface area contributed by atoms with Crippen LogP contribution in [0, 0.1) is 0 Å². The lowest BCUT2D eigenvalue weighted by molar-refractivity contribution is 0.114. The Morgan fingerprint density at radius 1 is 1.50 bits per heavy atom. The lowest BCUT2D eigenvalue weighted by atomic mass is 10.5. The number of amides is 2. The van der Waals surface area contributed by atoms with Crippen molar-refractivity contribution in [2.75, 3.05) is 12.4 Å². The van der Waals surface area contributed by atoms with E-state index < -0.39 is 17.3 Å². The van der Waals surface area contributed by atoms with Crippen LogP contribution in [0.2, 0.25) is 0 Å². The molecule has 0 bridgehead atoms. The number of aromatic amines is 2. The van der Waals surface area contributed by atoms with Crippen LogP contribution in [-0.2, 0) is 4.84 Å². The zero-order valence-corrected chi connectivity index (χ0v) is 7.21. The Morgan fingerprint density at radius 2 is 2.21 bits per heavy atom. The molecule has 1 aromatic heterocycles. The highest BCUT2D eigenvalue weighted by Gasteiger charge is 2.04. The van der Waals surface area contributed by atoms with Gasteiger partial charge in [0.05, 0.1) is 7.11 Å². The molecule has 76 valence electrons. The van der Waals surface area contributed by atoms with Gasteiger partial charge < -0.3 is 10.3 Å². The molecule has 4 N–H and O–H groups in total. The summed E-state index contributed by atoms with van der Waals surface area (Å²) in [5.74, 6) is 0. The summed E-state index contributed by atoms with van der Waals surface area (Å²) >= 11 is 0. The van der Waals surface area contributed by atoms with Crippen molar-refractivity contribution >= 4 is 11.7 Å². The summed E-state index contributed by atoms with van der Waals surface area (Å²) in [7, 11) is 1.25. The SMILES string of the molecule is CONC(=O)Nc1c[nH]c(=O)[nH]c1=O. The summed E-state index contributed by atoms with van der Waals surface area (Å²) in [6.07, 6.45) is 1.08. The highest BCUT2D eigenvalue weighted by molar-refractivity contribution is 5.87. The van der Waals surface area contributed by atoms with Crippen LogP contribution in [0.25, 0.3) is 0 Å². The minimum Gasteiger partial charge on any atom is -0.312 e. The Morgan fingerprint density at radius 3 is 2.79 bits per heavy atom. The number of hydroxylamine groups is 1. The van der Waals surface area contributed by atoms with Crippen LogP contribution in [0.4, 0.5) is 10.5 Å². The number of carbonyl (C=O) groups excluding carboxylic acids is 1. The lowest BCUT2D eigenvalue weighted by Crippen LogP contribution is -2.32. The van der Waals surface area contributed by atoms with Crippen LogP contribution in [-0.4, -0.2) is 23.1 Å². The van der Waals surface area contributed by atoms with E-state index in [-0.39, 0.29) is 5.69 Å². The van der Waals surface area contributed by atoms with Gasteiger partial charge in [0.1, 0.15) is 5.69 Å². The molecule has 0 saturated carbocycles. The molecule has 0 aliphatic carbocycles. The summed E-state index contributed by atoms with van der Waals surface area (Å²) < 4.78 is 0. The average Bonchev–Trinajstić information content (AvgIpc) is 2.10. The third-order valence-corrected chi connectivity index (χ3v) is 1.26. The molecule has 8 heteroatoms. The minimum atomic E-state index is -0.718. The van der Waals surface area contributed by atoms with Gasteiger partial charge in [-0.25, -0.2) is 15.1 Å². The number of carbonyl (C=O) groups is 1. The first kappa shape index (κ1) is 9.99. The standard InChI is InChI=1S/C6H8N4O4/c1-14-10-6(13)8-3-2-7-5(12)9-4(3)11/h2H,1H3,(H2,8,10,13)(H2,7,9,11,12). The van der Waals surface area contributed by atoms with E-state index in [1.165, 1.54) is 7.11 Å². The zero-order valence-electron chi connectivity index (χ0n) is 7.21. The minimum absolute atomic E-state index is 0.0841. The number of anilines is 1. The summed E-state index contributed by atoms with van der Waals surface area (Å²) in [6, 6.07) is -0.718. The van der Waals surface area contributed by atoms with E-state index in [0.717, 1.165) is 6.20 Å². The Bertz CT molecular complexity index is 434. The maximum absolute atomic E-state index is 11.0. The molecule has 14 heavy (non-hydrogen) atoms. The van der Waals surface area contributed by atoms with Gasteiger partial charge in [-0.1, -0.05) is 0 Å². The van der Waals surface area contributed by atoms with E-state index in [1.54, 1.807) is 0 Å². The molecule has 0 fully saturated rings. The van der Waals surface area contributed by atoms with Crippen LogP contribution >= 0.6 is 0 Å². The van der Waals surface area contributed by atoms with Gasteiger partial charge in [0.15, 0.2) is 0 Å². The second kappa shape index (κ2) is 4.23. The number of aromatic nitrogens is 2. The van der Waals surface area contributed by atoms with Gasteiger partial charge in [0.2, 0.25) is 0 Å². The normalized spacial score (nSPS) is 9.50. The van der Waals surface area contributed by atoms with Gasteiger partial charge in [-0.3, -0.25) is 14.6 Å². The Balaban J connectivity index is 2.82. The number of nitrogens with one attached hydrogen (secondary N) is 4. The fraction of sp³-hybridized carbons (Fsp3) is 0.167. The maximum atomic E-state index is 11.0. The highest BCUT2D eigenvalue weighted by Crippen LogP contribution is 1.90. The molecule has 0 radical (unpaired) electrons. The first-order chi connectivity index (χ1) is 6.63. The van der Waals surface area contributed by atoms with Gasteiger partial charge in [-0.15, -0.1) is 0 Å². The Labute approximate surface area is 77.3 Å². The molecule has 1 aromatic rings. The van der Waals surface area contributed by atoms with Crippen molar-refractivity contribution in [1.29, 1.82) is 0 Å². The summed E-state index contributed by atoms with van der Waals surface area (Å²) in [5.41, 5.74) is 0.517. The molecule has 0 aromatic carbocycles. The summed E-state index contributed by atoms with van der Waals surface area (Å²) in [6.45, 7) is 0. The van der Waals surface area contributed by atoms with E-state index in [1.807, 2.05) is 10.5 Å². The van der Waals surface area contributed by atoms with Crippen molar-refractivity contribution in [3.8, 4) is 0 Å². The largest absolute Gasteiger partial charge is 0.343 e. The fourth-order valence-corrected chi connectivity index (χ4v) is 0.743. The van der Waals surface area contributed by atoms with E-state index in [2.05, 4.69) is 15.1 Å². The zero-order chi connectivity index (χ0) is 10.6. The topological polar surface area (TPSA) is 116 Å². The smallest absolute Gasteiger partial charge is 0.312 e. The van der Waals surface area contributed by atoms with Crippen LogP contribution in [0.3, 0.4) is 0 Å². The highest BCUT2D eigenvalue weighted by atomic mass is 16.6. The van der Waals surface area contributed by atoms with E-state index in [4.69, 9.17) is 0 Å². The molecule has 1 heterocycles. The summed E-state index contributed by atoms with van der Waals surface area (Å²) in [4.78, 5) is 40.9. The van der Waals surface area contributed by atoms with Crippen molar-refractivity contribution in [2.24, 2.45) is 0 Å². The second-order valence-electron chi connectivity index (χ2n) is 2.25. The molecule has 0 saturated heterocycles. The van der Waals surface area contributed by atoms with Crippen molar-refractivity contribution in [3.05, 3.63) is 27.0 Å². The summed E-state index contributed by atoms with van der Waals surface area (Å²) in [5, 5.41) is 2.15. The molecular weight excluding hydrogens is 192 g/mol. The van der Waals surface area contributed by atoms with Crippen molar-refractivity contribution in [1.82, 2.24) is 15.4 Å². The van der Waals surface area contributed by atoms with E-state index >= 15 is 0 Å². The predicted octanol–water partition coefficient (Wildman–Crippen LogP) is -1.25. The number of urea groups is 1. The first-order valence-corrected chi connectivity index (χ1v) is 3.55. The molecule has 0 unspecified atom stereocenters. The Hall–Kier alpha value is -2.09. The number of hydrogen-bond acceptors (Lipinski definition) is 4. The third-order valence-electron chi connectivity index (χ3n) is 1.26. The van der Waals surface area contributed by atoms with Crippen LogP contribution in [0.5, 0.6) is 0 Å². The van der Waals surface area contributed by atoms with Gasteiger partial charge in [0, 0.05) is 6.20 Å². The van der Waals surface area contributed by atoms with Crippen molar-refractivity contribution < 1.29 is 9.63 Å². The van der Waals surface area contributed by atoms with Crippen molar-refractivity contribution in [2.45, 2.75) is 0 Å². The molecule has 0 aliphatic heterocycles. The van der Waals surface area contributed by atoms with Crippen LogP contribution in [0.1, 0.15) is 0 Å². The van der Waals surface area contributed by atoms with E-state index in [0.29, 0.717) is 0 Å². The second-order valence-corrected chi connectivity index (χ2v) is 2.25. The monoisotopic (exact) mass is 200 g/mol. The van der Waals surface area contributed by atoms with Gasteiger partial charge in [-0.2, -0.15) is 0 Å². The molecule has 0 aliphatic rings. The van der Waals surface area contributed by atoms with Crippen LogP contribution in [0.15, 0.2) is 15.8 Å². The van der Waals surface area contributed by atoms with Gasteiger partial charge in [0.25, 0.3) is 5.56 Å². The quantitative estimate of drug-likeness (QED) is 0.446. The van der Waals surface area contributed by atoms with Gasteiger partial charge in [-0.05, 0) is 0 Å². The predicted molar refractivity (Wildman–Crippen MR) is 46.8 cm³/mol. The molecule has 0 atom stereocenters. The number of hydrogen-bond donors (Lipinski definition) is 4. The van der Waals surface area contributed by atoms with E-state index in [9.17, 15) is 14.4 Å². The number of rotatable bonds is 2. The van der Waals surface area contributed by atoms with Gasteiger partial charge >= 0.3 is 11.7 Å². The molecular formula is C6H8N4O4. The molecule has 0 spiro atoms.